The highest BCUT2D eigenvalue weighted by Gasteiger charge is 2.61. The number of hydrogen-bond acceptors (Lipinski definition) is 0. The van der Waals surface area contributed by atoms with Crippen molar-refractivity contribution in [3.63, 3.8) is 0 Å². The Hall–Kier alpha value is -0.546. The second-order valence-corrected chi connectivity index (χ2v) is 19.8. The van der Waals surface area contributed by atoms with Crippen LogP contribution in [0.1, 0.15) is 19.3 Å². The van der Waals surface area contributed by atoms with Gasteiger partial charge in [0.1, 0.15) is 0 Å². The Balaban J connectivity index is 1.76. The molecule has 0 nitrogen and oxygen atoms in total. The molecule has 2 aromatic rings. The number of hydrogen-bond donors (Lipinski definition) is 0. The summed E-state index contributed by atoms with van der Waals surface area (Å²) in [5, 5.41) is 2.77. The van der Waals surface area contributed by atoms with E-state index < -0.39 is 14.8 Å². The molecule has 0 amide bonds. The number of halogens is 2. The third-order valence-electron chi connectivity index (χ3n) is 6.84. The molecule has 2 aromatic carbocycles. The predicted octanol–water partition coefficient (Wildman–Crippen LogP) is 5.60. The minimum absolute atomic E-state index is 0.602. The molecular formula is C21H26Cl2Si2. The maximum absolute atomic E-state index is 7.45. The van der Waals surface area contributed by atoms with Gasteiger partial charge < -0.3 is 0 Å². The van der Waals surface area contributed by atoms with Crippen LogP contribution in [0.5, 0.6) is 0 Å². The van der Waals surface area contributed by atoms with Gasteiger partial charge in [-0.25, -0.2) is 0 Å². The van der Waals surface area contributed by atoms with Crippen molar-refractivity contribution in [3.8, 4) is 0 Å². The van der Waals surface area contributed by atoms with Crippen LogP contribution in [0.4, 0.5) is 0 Å². The Morgan fingerprint density at radius 2 is 1.04 bits per heavy atom. The molecule has 132 valence electrons. The number of benzene rings is 2. The first-order valence-electron chi connectivity index (χ1n) is 9.41. The Bertz CT molecular complexity index is 667. The van der Waals surface area contributed by atoms with Crippen molar-refractivity contribution in [2.75, 3.05) is 0 Å². The topological polar surface area (TPSA) is 0 Å². The van der Waals surface area contributed by atoms with Crippen LogP contribution in [0.25, 0.3) is 0 Å². The van der Waals surface area contributed by atoms with E-state index in [4.69, 9.17) is 22.2 Å². The summed E-state index contributed by atoms with van der Waals surface area (Å²) in [4.78, 5) is 0. The fraction of sp³-hybridized carbons (Fsp3) is 0.429. The molecule has 2 bridgehead atoms. The minimum atomic E-state index is -2.08. The average molecular weight is 406 g/mol. The molecule has 2 fully saturated rings. The quantitative estimate of drug-likeness (QED) is 0.459. The lowest BCUT2D eigenvalue weighted by atomic mass is 9.99. The summed E-state index contributed by atoms with van der Waals surface area (Å²) >= 11 is 14.9. The van der Waals surface area contributed by atoms with Gasteiger partial charge in [0, 0.05) is 0 Å². The molecule has 2 aliphatic rings. The summed E-state index contributed by atoms with van der Waals surface area (Å²) in [5.74, 6) is 1.55. The van der Waals surface area contributed by atoms with Crippen molar-refractivity contribution in [1.82, 2.24) is 0 Å². The van der Waals surface area contributed by atoms with Gasteiger partial charge in [-0.3, -0.25) is 0 Å². The van der Waals surface area contributed by atoms with Crippen LogP contribution in [0.3, 0.4) is 0 Å². The highest BCUT2D eigenvalue weighted by Crippen LogP contribution is 2.66. The normalized spacial score (nSPS) is 33.0. The molecule has 6 atom stereocenters. The molecule has 2 saturated carbocycles. The van der Waals surface area contributed by atoms with Gasteiger partial charge in [-0.05, 0) is 39.7 Å². The van der Waals surface area contributed by atoms with E-state index in [9.17, 15) is 0 Å². The Kier molecular flexibility index (Phi) is 4.68. The summed E-state index contributed by atoms with van der Waals surface area (Å²) in [6.45, 7) is 4.74. The number of rotatable bonds is 4. The van der Waals surface area contributed by atoms with Crippen molar-refractivity contribution < 1.29 is 0 Å². The van der Waals surface area contributed by atoms with Gasteiger partial charge in [0.25, 0.3) is 0 Å². The zero-order chi connectivity index (χ0) is 17.7. The summed E-state index contributed by atoms with van der Waals surface area (Å²) < 4.78 is 0. The van der Waals surface area contributed by atoms with Crippen LogP contribution in [0.2, 0.25) is 24.2 Å². The Morgan fingerprint density at radius 1 is 0.680 bits per heavy atom. The van der Waals surface area contributed by atoms with Crippen molar-refractivity contribution >= 4 is 47.3 Å². The van der Waals surface area contributed by atoms with Gasteiger partial charge in [0.15, 0.2) is 14.8 Å². The fourth-order valence-corrected chi connectivity index (χ4v) is 17.8. The number of fused-ring (bicyclic) bond motifs is 2. The smallest absolute Gasteiger partial charge is 0.161 e. The van der Waals surface area contributed by atoms with Crippen LogP contribution in [-0.2, 0) is 0 Å². The van der Waals surface area contributed by atoms with Crippen molar-refractivity contribution in [1.29, 1.82) is 0 Å². The third kappa shape index (κ3) is 2.95. The van der Waals surface area contributed by atoms with Gasteiger partial charge in [0.05, 0.1) is 0 Å². The van der Waals surface area contributed by atoms with Gasteiger partial charge >= 0.3 is 0 Å². The van der Waals surface area contributed by atoms with Gasteiger partial charge in [0.2, 0.25) is 0 Å². The molecule has 0 saturated heterocycles. The Morgan fingerprint density at radius 3 is 1.40 bits per heavy atom. The molecule has 6 unspecified atom stereocenters. The van der Waals surface area contributed by atoms with E-state index in [0.29, 0.717) is 11.1 Å². The maximum atomic E-state index is 7.45. The molecule has 25 heavy (non-hydrogen) atoms. The van der Waals surface area contributed by atoms with E-state index >= 15 is 0 Å². The zero-order valence-corrected chi connectivity index (χ0v) is 18.5. The van der Waals surface area contributed by atoms with Crippen molar-refractivity contribution in [2.24, 2.45) is 11.8 Å². The van der Waals surface area contributed by atoms with Crippen LogP contribution < -0.4 is 10.4 Å². The summed E-state index contributed by atoms with van der Waals surface area (Å²) in [6, 6.07) is 21.7. The van der Waals surface area contributed by atoms with Crippen LogP contribution >= 0.6 is 22.2 Å². The summed E-state index contributed by atoms with van der Waals surface area (Å²) in [7, 11) is -4.17. The first-order valence-corrected chi connectivity index (χ1v) is 16.6. The molecule has 4 rings (SSSR count). The van der Waals surface area contributed by atoms with E-state index in [-0.39, 0.29) is 0 Å². The second-order valence-electron chi connectivity index (χ2n) is 8.27. The predicted molar refractivity (Wildman–Crippen MR) is 115 cm³/mol. The average Bonchev–Trinajstić information content (AvgIpc) is 3.25. The van der Waals surface area contributed by atoms with E-state index in [1.165, 1.54) is 29.6 Å². The highest BCUT2D eigenvalue weighted by molar-refractivity contribution is 7.31. The second kappa shape index (κ2) is 6.56. The van der Waals surface area contributed by atoms with E-state index in [1.54, 1.807) is 0 Å². The molecule has 0 heterocycles. The molecule has 0 radical (unpaired) electrons. The molecule has 0 N–H and O–H groups in total. The first-order chi connectivity index (χ1) is 11.9. The van der Waals surface area contributed by atoms with Crippen LogP contribution in [-0.4, -0.2) is 14.8 Å². The molecule has 4 heteroatoms. The molecule has 0 aromatic heterocycles. The van der Waals surface area contributed by atoms with Crippen molar-refractivity contribution in [2.45, 2.75) is 43.4 Å². The fourth-order valence-electron chi connectivity index (χ4n) is 5.76. The van der Waals surface area contributed by atoms with E-state index in [1.807, 2.05) is 0 Å². The SMILES string of the molecule is C[Si](Cl)(c1ccccc1)C1C2CCC(C2)C1[Si](C)(Cl)c1ccccc1. The van der Waals surface area contributed by atoms with Gasteiger partial charge in [-0.2, -0.15) is 22.2 Å². The summed E-state index contributed by atoms with van der Waals surface area (Å²) in [6.07, 6.45) is 4.05. The summed E-state index contributed by atoms with van der Waals surface area (Å²) in [5.41, 5.74) is 1.20. The van der Waals surface area contributed by atoms with Crippen LogP contribution in [0.15, 0.2) is 60.7 Å². The monoisotopic (exact) mass is 404 g/mol. The standard InChI is InChI=1S/C21H26Cl2Si2/c1-24(22,18-9-5-3-6-10-18)20-16-13-14-17(15-16)21(20)25(2,23)19-11-7-4-8-12-19/h3-12,16-17,20-21H,13-15H2,1-2H3. The van der Waals surface area contributed by atoms with Crippen molar-refractivity contribution in [3.05, 3.63) is 60.7 Å². The molecule has 2 aliphatic carbocycles. The lowest BCUT2D eigenvalue weighted by Crippen LogP contribution is -2.54. The largest absolute Gasteiger partial charge is 0.187 e. The molecule has 0 spiro atoms. The lowest BCUT2D eigenvalue weighted by molar-refractivity contribution is 0.467. The first kappa shape index (κ1) is 17.8. The lowest BCUT2D eigenvalue weighted by Gasteiger charge is -2.44. The van der Waals surface area contributed by atoms with E-state index in [2.05, 4.69) is 73.8 Å². The van der Waals surface area contributed by atoms with Gasteiger partial charge in [-0.15, -0.1) is 0 Å². The maximum Gasteiger partial charge on any atom is 0.187 e. The zero-order valence-electron chi connectivity index (χ0n) is 15.0. The molecular weight excluding hydrogens is 379 g/mol. The Labute approximate surface area is 163 Å². The van der Waals surface area contributed by atoms with Gasteiger partial charge in [-0.1, -0.05) is 86.6 Å². The van der Waals surface area contributed by atoms with E-state index in [0.717, 1.165) is 11.8 Å². The molecule has 0 aliphatic heterocycles. The third-order valence-corrected chi connectivity index (χ3v) is 17.1. The van der Waals surface area contributed by atoms with Crippen LogP contribution in [0, 0.1) is 11.8 Å². The minimum Gasteiger partial charge on any atom is -0.161 e. The highest BCUT2D eigenvalue weighted by atomic mass is 35.6.